The molecule has 1 aromatic carbocycles. The Morgan fingerprint density at radius 1 is 1.16 bits per heavy atom. The number of benzene rings is 1. The van der Waals surface area contributed by atoms with E-state index in [1.54, 1.807) is 5.56 Å². The van der Waals surface area contributed by atoms with E-state index >= 15 is 0 Å². The highest BCUT2D eigenvalue weighted by atomic mass is 14.5. The van der Waals surface area contributed by atoms with Crippen LogP contribution in [0.25, 0.3) is 5.57 Å². The summed E-state index contributed by atoms with van der Waals surface area (Å²) in [7, 11) is 0. The maximum Gasteiger partial charge on any atom is -0.00743 e. The molecule has 1 aliphatic carbocycles. The van der Waals surface area contributed by atoms with Crippen molar-refractivity contribution in [1.82, 2.24) is 0 Å². The zero-order valence-corrected chi connectivity index (χ0v) is 12.2. The lowest BCUT2D eigenvalue weighted by Gasteiger charge is -2.22. The summed E-state index contributed by atoms with van der Waals surface area (Å²) in [6.07, 6.45) is 11.5. The minimum atomic E-state index is 0.782. The van der Waals surface area contributed by atoms with Crippen LogP contribution in [0.2, 0.25) is 0 Å². The molecule has 2 rings (SSSR count). The van der Waals surface area contributed by atoms with Crippen LogP contribution in [0.4, 0.5) is 0 Å². The van der Waals surface area contributed by atoms with Crippen LogP contribution in [-0.4, -0.2) is 6.54 Å². The quantitative estimate of drug-likeness (QED) is 0.748. The van der Waals surface area contributed by atoms with Gasteiger partial charge >= 0.3 is 0 Å². The van der Waals surface area contributed by atoms with E-state index in [1.807, 2.05) is 0 Å². The first-order valence-electron chi connectivity index (χ1n) is 7.78. The number of hydrogen-bond acceptors (Lipinski definition) is 1. The van der Waals surface area contributed by atoms with Gasteiger partial charge < -0.3 is 5.73 Å². The van der Waals surface area contributed by atoms with Gasteiger partial charge in [0.1, 0.15) is 0 Å². The Morgan fingerprint density at radius 3 is 2.47 bits per heavy atom. The van der Waals surface area contributed by atoms with Crippen LogP contribution in [0, 0.1) is 0 Å². The zero-order chi connectivity index (χ0) is 13.5. The molecule has 0 radical (unpaired) electrons. The van der Waals surface area contributed by atoms with Crippen molar-refractivity contribution in [1.29, 1.82) is 0 Å². The van der Waals surface area contributed by atoms with Crippen molar-refractivity contribution in [2.45, 2.75) is 57.8 Å². The molecule has 0 heterocycles. The molecule has 1 nitrogen and oxygen atoms in total. The summed E-state index contributed by atoms with van der Waals surface area (Å²) >= 11 is 0. The smallest absolute Gasteiger partial charge is 0.00743 e. The predicted octanol–water partition coefficient (Wildman–Crippen LogP) is 4.88. The number of allylic oxidation sites excluding steroid dienone is 2. The van der Waals surface area contributed by atoms with Gasteiger partial charge in [-0.2, -0.15) is 0 Å². The van der Waals surface area contributed by atoms with Crippen molar-refractivity contribution < 1.29 is 0 Å². The van der Waals surface area contributed by atoms with E-state index in [2.05, 4.69) is 37.3 Å². The van der Waals surface area contributed by atoms with Crippen molar-refractivity contribution in [2.24, 2.45) is 5.73 Å². The first-order valence-corrected chi connectivity index (χ1v) is 7.78. The van der Waals surface area contributed by atoms with Crippen LogP contribution in [0.3, 0.4) is 0 Å². The molecule has 0 saturated heterocycles. The number of hydrogen-bond donors (Lipinski definition) is 1. The summed E-state index contributed by atoms with van der Waals surface area (Å²) < 4.78 is 0. The van der Waals surface area contributed by atoms with Crippen molar-refractivity contribution in [3.63, 3.8) is 0 Å². The molecule has 0 aliphatic heterocycles. The van der Waals surface area contributed by atoms with E-state index in [1.165, 1.54) is 43.2 Å². The van der Waals surface area contributed by atoms with Crippen LogP contribution in [-0.2, 0) is 0 Å². The van der Waals surface area contributed by atoms with E-state index in [4.69, 9.17) is 5.73 Å². The van der Waals surface area contributed by atoms with Gasteiger partial charge in [0, 0.05) is 0 Å². The van der Waals surface area contributed by atoms with E-state index in [-0.39, 0.29) is 0 Å². The van der Waals surface area contributed by atoms with Crippen molar-refractivity contribution in [3.8, 4) is 0 Å². The molecule has 1 fully saturated rings. The molecule has 0 atom stereocenters. The normalized spacial score (nSPS) is 17.7. The van der Waals surface area contributed by atoms with E-state index in [9.17, 15) is 0 Å². The minimum absolute atomic E-state index is 0.782. The first-order chi connectivity index (χ1) is 9.31. The molecule has 19 heavy (non-hydrogen) atoms. The summed E-state index contributed by atoms with van der Waals surface area (Å²) in [5.41, 5.74) is 9.80. The third kappa shape index (κ3) is 4.21. The Morgan fingerprint density at radius 2 is 1.84 bits per heavy atom. The Labute approximate surface area is 117 Å². The van der Waals surface area contributed by atoms with E-state index in [0.29, 0.717) is 0 Å². The van der Waals surface area contributed by atoms with Gasteiger partial charge in [-0.05, 0) is 61.8 Å². The molecule has 1 aliphatic rings. The summed E-state index contributed by atoms with van der Waals surface area (Å²) in [6, 6.07) is 9.26. The summed E-state index contributed by atoms with van der Waals surface area (Å²) in [5, 5.41) is 0. The second-order valence-corrected chi connectivity index (χ2v) is 5.77. The fourth-order valence-electron chi connectivity index (χ4n) is 3.01. The van der Waals surface area contributed by atoms with Gasteiger partial charge in [-0.25, -0.2) is 0 Å². The molecule has 2 N–H and O–H groups in total. The Balaban J connectivity index is 1.99. The van der Waals surface area contributed by atoms with Crippen LogP contribution < -0.4 is 5.73 Å². The predicted molar refractivity (Wildman–Crippen MR) is 84.2 cm³/mol. The summed E-state index contributed by atoms with van der Waals surface area (Å²) in [5.74, 6) is 0.810. The molecule has 0 spiro atoms. The summed E-state index contributed by atoms with van der Waals surface area (Å²) in [6.45, 7) is 2.98. The highest BCUT2D eigenvalue weighted by molar-refractivity contribution is 5.63. The molecular weight excluding hydrogens is 230 g/mol. The molecular formula is C18H27N. The molecule has 1 aromatic rings. The third-order valence-corrected chi connectivity index (χ3v) is 4.30. The second kappa shape index (κ2) is 7.49. The summed E-state index contributed by atoms with van der Waals surface area (Å²) in [4.78, 5) is 0. The Bertz CT molecular complexity index is 396. The highest BCUT2D eigenvalue weighted by Gasteiger charge is 2.14. The second-order valence-electron chi connectivity index (χ2n) is 5.77. The fraction of sp³-hybridized carbons (Fsp3) is 0.556. The number of nitrogens with two attached hydrogens (primary N) is 1. The molecule has 1 saturated carbocycles. The molecule has 1 heteroatoms. The van der Waals surface area contributed by atoms with Crippen molar-refractivity contribution in [2.75, 3.05) is 6.54 Å². The van der Waals surface area contributed by atoms with Crippen molar-refractivity contribution >= 4 is 5.57 Å². The maximum absolute atomic E-state index is 5.53. The fourth-order valence-corrected chi connectivity index (χ4v) is 3.01. The lowest BCUT2D eigenvalue weighted by Crippen LogP contribution is -2.04. The molecule has 0 bridgehead atoms. The highest BCUT2D eigenvalue weighted by Crippen LogP contribution is 2.33. The Hall–Kier alpha value is -1.08. The van der Waals surface area contributed by atoms with Gasteiger partial charge in [0.2, 0.25) is 0 Å². The Kier molecular flexibility index (Phi) is 5.65. The van der Waals surface area contributed by atoms with Gasteiger partial charge in [0.15, 0.2) is 0 Å². The van der Waals surface area contributed by atoms with E-state index < -0.39 is 0 Å². The molecule has 0 unspecified atom stereocenters. The largest absolute Gasteiger partial charge is 0.330 e. The molecule has 0 aromatic heterocycles. The standard InChI is InChI=1S/C18H27N/c1-15(7-5-6-14-19)16-10-12-18(13-11-16)17-8-3-2-4-9-17/h7,10-13,17H,2-6,8-9,14,19H2,1H3/b15-7+. The average molecular weight is 257 g/mol. The third-order valence-electron chi connectivity index (χ3n) is 4.30. The number of rotatable bonds is 5. The van der Waals surface area contributed by atoms with Gasteiger partial charge in [0.05, 0.1) is 0 Å². The van der Waals surface area contributed by atoms with Crippen molar-refractivity contribution in [3.05, 3.63) is 41.5 Å². The van der Waals surface area contributed by atoms with Gasteiger partial charge in [-0.3, -0.25) is 0 Å². The minimum Gasteiger partial charge on any atom is -0.330 e. The molecule has 104 valence electrons. The molecule has 0 amide bonds. The van der Waals surface area contributed by atoms with Crippen LogP contribution >= 0.6 is 0 Å². The first kappa shape index (κ1) is 14.3. The van der Waals surface area contributed by atoms with Crippen LogP contribution in [0.15, 0.2) is 30.3 Å². The average Bonchev–Trinajstić information content (AvgIpc) is 2.48. The lowest BCUT2D eigenvalue weighted by molar-refractivity contribution is 0.443. The zero-order valence-electron chi connectivity index (χ0n) is 12.2. The van der Waals surface area contributed by atoms with Crippen LogP contribution in [0.1, 0.15) is 68.9 Å². The van der Waals surface area contributed by atoms with Gasteiger partial charge in [-0.15, -0.1) is 0 Å². The SMILES string of the molecule is C/C(=C\CCCN)c1ccc(C2CCCCC2)cc1. The maximum atomic E-state index is 5.53. The van der Waals surface area contributed by atoms with Gasteiger partial charge in [0.25, 0.3) is 0 Å². The number of unbranched alkanes of at least 4 members (excludes halogenated alkanes) is 1. The van der Waals surface area contributed by atoms with E-state index in [0.717, 1.165) is 25.3 Å². The monoisotopic (exact) mass is 257 g/mol. The topological polar surface area (TPSA) is 26.0 Å². The lowest BCUT2D eigenvalue weighted by atomic mass is 9.84. The van der Waals surface area contributed by atoms with Gasteiger partial charge in [-0.1, -0.05) is 49.6 Å². The van der Waals surface area contributed by atoms with Crippen LogP contribution in [0.5, 0.6) is 0 Å².